The van der Waals surface area contributed by atoms with Crippen LogP contribution in [0.15, 0.2) is 36.4 Å². The largest absolute Gasteiger partial charge is 0.493 e. The van der Waals surface area contributed by atoms with Crippen LogP contribution in [0, 0.1) is 0 Å². The lowest BCUT2D eigenvalue weighted by Gasteiger charge is -2.32. The predicted molar refractivity (Wildman–Crippen MR) is 94.6 cm³/mol. The van der Waals surface area contributed by atoms with Crippen molar-refractivity contribution in [3.63, 3.8) is 0 Å². The van der Waals surface area contributed by atoms with Crippen LogP contribution in [-0.2, 0) is 4.74 Å². The molecule has 124 valence electrons. The molecule has 4 heteroatoms. The molecule has 0 saturated carbocycles. The number of benzene rings is 2. The normalized spacial score (nSPS) is 24.7. The van der Waals surface area contributed by atoms with Gasteiger partial charge in [0.15, 0.2) is 0 Å². The van der Waals surface area contributed by atoms with Crippen LogP contribution in [0.2, 0.25) is 5.02 Å². The standard InChI is InChI=1S/C19H24ClNO2/c1-14-12-21(13-15(2)23-14)10-5-11-22-19-9-8-18(20)16-6-3-4-7-17(16)19/h3-4,6-9,14-15H,5,10-13H2,1-2H3/p+1/t14-,15-/m0/s1. The summed E-state index contributed by atoms with van der Waals surface area (Å²) in [5, 5.41) is 2.91. The minimum atomic E-state index is 0.356. The van der Waals surface area contributed by atoms with Gasteiger partial charge in [-0.25, -0.2) is 0 Å². The molecule has 2 atom stereocenters. The highest BCUT2D eigenvalue weighted by molar-refractivity contribution is 6.35. The molecule has 0 aliphatic carbocycles. The zero-order chi connectivity index (χ0) is 16.2. The van der Waals surface area contributed by atoms with Crippen molar-refractivity contribution in [2.45, 2.75) is 32.5 Å². The number of hydrogen-bond acceptors (Lipinski definition) is 2. The van der Waals surface area contributed by atoms with Gasteiger partial charge in [0.05, 0.1) is 13.2 Å². The number of morpholine rings is 1. The minimum absolute atomic E-state index is 0.356. The fourth-order valence-electron chi connectivity index (χ4n) is 3.46. The smallest absolute Gasteiger partial charge is 0.127 e. The quantitative estimate of drug-likeness (QED) is 0.850. The van der Waals surface area contributed by atoms with E-state index in [0.29, 0.717) is 12.2 Å². The maximum absolute atomic E-state index is 6.25. The molecule has 0 unspecified atom stereocenters. The minimum Gasteiger partial charge on any atom is -0.493 e. The van der Waals surface area contributed by atoms with Crippen LogP contribution in [0.5, 0.6) is 5.75 Å². The van der Waals surface area contributed by atoms with Gasteiger partial charge in [-0.05, 0) is 26.0 Å². The number of quaternary nitrogens is 1. The van der Waals surface area contributed by atoms with Crippen molar-refractivity contribution in [1.82, 2.24) is 0 Å². The van der Waals surface area contributed by atoms with Crippen LogP contribution in [-0.4, -0.2) is 38.4 Å². The van der Waals surface area contributed by atoms with Gasteiger partial charge in [0.1, 0.15) is 31.0 Å². The van der Waals surface area contributed by atoms with E-state index in [1.54, 1.807) is 4.90 Å². The van der Waals surface area contributed by atoms with Crippen molar-refractivity contribution in [2.75, 3.05) is 26.2 Å². The summed E-state index contributed by atoms with van der Waals surface area (Å²) >= 11 is 6.25. The second-order valence-corrected chi connectivity index (χ2v) is 6.87. The number of fused-ring (bicyclic) bond motifs is 1. The lowest BCUT2D eigenvalue weighted by molar-refractivity contribution is -0.915. The van der Waals surface area contributed by atoms with E-state index >= 15 is 0 Å². The molecule has 1 fully saturated rings. The summed E-state index contributed by atoms with van der Waals surface area (Å²) in [5.41, 5.74) is 0. The van der Waals surface area contributed by atoms with E-state index in [-0.39, 0.29) is 0 Å². The number of nitrogens with one attached hydrogen (secondary N) is 1. The predicted octanol–water partition coefficient (Wildman–Crippen LogP) is 2.95. The molecule has 1 aliphatic heterocycles. The molecule has 0 aromatic heterocycles. The summed E-state index contributed by atoms with van der Waals surface area (Å²) in [4.78, 5) is 1.61. The SMILES string of the molecule is C[C@H]1C[NH+](CCCOc2ccc(Cl)c3ccccc23)C[C@H](C)O1. The van der Waals surface area contributed by atoms with E-state index in [2.05, 4.69) is 19.9 Å². The zero-order valence-corrected chi connectivity index (χ0v) is 14.6. The molecule has 23 heavy (non-hydrogen) atoms. The van der Waals surface area contributed by atoms with E-state index in [1.165, 1.54) is 0 Å². The molecule has 1 heterocycles. The van der Waals surface area contributed by atoms with Gasteiger partial charge in [-0.15, -0.1) is 0 Å². The first kappa shape index (κ1) is 16.6. The van der Waals surface area contributed by atoms with Crippen molar-refractivity contribution >= 4 is 22.4 Å². The Morgan fingerprint density at radius 1 is 1.09 bits per heavy atom. The topological polar surface area (TPSA) is 22.9 Å². The molecule has 0 spiro atoms. The average Bonchev–Trinajstić information content (AvgIpc) is 2.53. The molecule has 3 rings (SSSR count). The Bertz CT molecular complexity index is 651. The fraction of sp³-hybridized carbons (Fsp3) is 0.474. The van der Waals surface area contributed by atoms with E-state index in [0.717, 1.165) is 54.2 Å². The number of ether oxygens (including phenoxy) is 2. The van der Waals surface area contributed by atoms with E-state index in [1.807, 2.05) is 30.3 Å². The third-order valence-corrected chi connectivity index (χ3v) is 4.71. The lowest BCUT2D eigenvalue weighted by atomic mass is 10.1. The monoisotopic (exact) mass is 334 g/mol. The highest BCUT2D eigenvalue weighted by Gasteiger charge is 2.24. The van der Waals surface area contributed by atoms with Crippen molar-refractivity contribution in [1.29, 1.82) is 0 Å². The second kappa shape index (κ2) is 7.52. The highest BCUT2D eigenvalue weighted by Crippen LogP contribution is 2.31. The fourth-order valence-corrected chi connectivity index (χ4v) is 3.69. The first-order chi connectivity index (χ1) is 11.1. The molecular weight excluding hydrogens is 310 g/mol. The Kier molecular flexibility index (Phi) is 5.42. The van der Waals surface area contributed by atoms with Crippen LogP contribution >= 0.6 is 11.6 Å². The molecule has 1 saturated heterocycles. The molecule has 1 N–H and O–H groups in total. The van der Waals surface area contributed by atoms with Crippen LogP contribution in [0.4, 0.5) is 0 Å². The Hall–Kier alpha value is -1.29. The third kappa shape index (κ3) is 4.17. The van der Waals surface area contributed by atoms with Crippen molar-refractivity contribution in [2.24, 2.45) is 0 Å². The summed E-state index contributed by atoms with van der Waals surface area (Å²) in [6, 6.07) is 12.0. The van der Waals surface area contributed by atoms with E-state index in [9.17, 15) is 0 Å². The molecule has 1 aliphatic rings. The van der Waals surface area contributed by atoms with Gasteiger partial charge in [0.2, 0.25) is 0 Å². The van der Waals surface area contributed by atoms with Crippen molar-refractivity contribution < 1.29 is 14.4 Å². The third-order valence-electron chi connectivity index (χ3n) is 4.38. The second-order valence-electron chi connectivity index (χ2n) is 6.46. The number of halogens is 1. The van der Waals surface area contributed by atoms with Gasteiger partial charge < -0.3 is 14.4 Å². The molecule has 0 amide bonds. The summed E-state index contributed by atoms with van der Waals surface area (Å²) < 4.78 is 11.8. The van der Waals surface area contributed by atoms with Crippen LogP contribution in [0.1, 0.15) is 20.3 Å². The Morgan fingerprint density at radius 2 is 1.78 bits per heavy atom. The lowest BCUT2D eigenvalue weighted by Crippen LogP contribution is -3.15. The van der Waals surface area contributed by atoms with Crippen LogP contribution < -0.4 is 9.64 Å². The van der Waals surface area contributed by atoms with Crippen LogP contribution in [0.3, 0.4) is 0 Å². The first-order valence-electron chi connectivity index (χ1n) is 8.42. The van der Waals surface area contributed by atoms with Gasteiger partial charge in [-0.2, -0.15) is 0 Å². The first-order valence-corrected chi connectivity index (χ1v) is 8.80. The number of rotatable bonds is 5. The Morgan fingerprint density at radius 3 is 2.52 bits per heavy atom. The van der Waals surface area contributed by atoms with Gasteiger partial charge in [-0.3, -0.25) is 0 Å². The van der Waals surface area contributed by atoms with Gasteiger partial charge in [0, 0.05) is 22.2 Å². The number of hydrogen-bond donors (Lipinski definition) is 1. The molecule has 0 bridgehead atoms. The average molecular weight is 335 g/mol. The van der Waals surface area contributed by atoms with Crippen molar-refractivity contribution in [3.8, 4) is 5.75 Å². The molecule has 2 aromatic carbocycles. The van der Waals surface area contributed by atoms with Crippen molar-refractivity contribution in [3.05, 3.63) is 41.4 Å². The Labute approximate surface area is 143 Å². The van der Waals surface area contributed by atoms with Crippen LogP contribution in [0.25, 0.3) is 10.8 Å². The summed E-state index contributed by atoms with van der Waals surface area (Å²) in [6.45, 7) is 8.36. The summed E-state index contributed by atoms with van der Waals surface area (Å²) in [6.07, 6.45) is 1.76. The summed E-state index contributed by atoms with van der Waals surface area (Å²) in [5.74, 6) is 0.920. The molecule has 0 radical (unpaired) electrons. The Balaban J connectivity index is 1.54. The van der Waals surface area contributed by atoms with Gasteiger partial charge in [-0.1, -0.05) is 35.9 Å². The summed E-state index contributed by atoms with van der Waals surface area (Å²) in [7, 11) is 0. The maximum Gasteiger partial charge on any atom is 0.127 e. The van der Waals surface area contributed by atoms with E-state index in [4.69, 9.17) is 21.1 Å². The van der Waals surface area contributed by atoms with E-state index < -0.39 is 0 Å². The molecule has 2 aromatic rings. The zero-order valence-electron chi connectivity index (χ0n) is 13.8. The van der Waals surface area contributed by atoms with Gasteiger partial charge >= 0.3 is 0 Å². The maximum atomic E-state index is 6.25. The highest BCUT2D eigenvalue weighted by atomic mass is 35.5. The molecule has 3 nitrogen and oxygen atoms in total. The molecular formula is C19H25ClNO2+. The van der Waals surface area contributed by atoms with Gasteiger partial charge in [0.25, 0.3) is 0 Å².